The second kappa shape index (κ2) is 7.74. The molecule has 0 radical (unpaired) electrons. The van der Waals surface area contributed by atoms with Crippen LogP contribution in [0.4, 0.5) is 0 Å². The second-order valence-electron chi connectivity index (χ2n) is 7.37. The molecule has 0 fully saturated rings. The lowest BCUT2D eigenvalue weighted by atomic mass is 10.1. The second-order valence-corrected chi connectivity index (χ2v) is 7.37. The largest absolute Gasteiger partial charge is 0.394 e. The van der Waals surface area contributed by atoms with Gasteiger partial charge in [0.15, 0.2) is 0 Å². The number of rotatable bonds is 4. The summed E-state index contributed by atoms with van der Waals surface area (Å²) >= 11 is 0. The van der Waals surface area contributed by atoms with Gasteiger partial charge >= 0.3 is 0 Å². The Balaban J connectivity index is 1.76. The van der Waals surface area contributed by atoms with Gasteiger partial charge in [-0.3, -0.25) is 0 Å². The van der Waals surface area contributed by atoms with Crippen LogP contribution >= 0.6 is 0 Å². The van der Waals surface area contributed by atoms with E-state index in [-0.39, 0.29) is 12.7 Å². The first kappa shape index (κ1) is 18.5. The Morgan fingerprint density at radius 2 is 1.43 bits per heavy atom. The van der Waals surface area contributed by atoms with Crippen LogP contribution in [0.25, 0.3) is 46.4 Å². The summed E-state index contributed by atoms with van der Waals surface area (Å²) in [4.78, 5) is 16.2. The molecule has 5 rings (SSSR count). The summed E-state index contributed by atoms with van der Waals surface area (Å²) < 4.78 is 5.76. The third kappa shape index (κ3) is 3.83. The third-order valence-electron chi connectivity index (χ3n) is 5.10. The van der Waals surface area contributed by atoms with E-state index >= 15 is 0 Å². The maximum atomic E-state index is 9.11. The molecule has 30 heavy (non-hydrogen) atoms. The minimum atomic E-state index is -0.163. The highest BCUT2D eigenvalue weighted by molar-refractivity contribution is 5.78. The minimum absolute atomic E-state index is 0.00448. The molecule has 0 amide bonds. The van der Waals surface area contributed by atoms with Gasteiger partial charge in [-0.2, -0.15) is 0 Å². The molecule has 0 aromatic carbocycles. The van der Waals surface area contributed by atoms with Crippen molar-refractivity contribution in [2.75, 3.05) is 13.2 Å². The Kier molecular flexibility index (Phi) is 4.78. The van der Waals surface area contributed by atoms with Crippen LogP contribution in [-0.4, -0.2) is 38.3 Å². The highest BCUT2D eigenvalue weighted by Crippen LogP contribution is 2.25. The lowest BCUT2D eigenvalue weighted by Crippen LogP contribution is -2.03. The van der Waals surface area contributed by atoms with Gasteiger partial charge < -0.3 is 19.8 Å². The smallest absolute Gasteiger partial charge is 0.0818 e. The lowest BCUT2D eigenvalue weighted by Gasteiger charge is -2.10. The monoisotopic (exact) mass is 398 g/mol. The van der Waals surface area contributed by atoms with Crippen LogP contribution in [0.15, 0.2) is 42.5 Å². The van der Waals surface area contributed by atoms with Crippen molar-refractivity contribution in [2.45, 2.75) is 13.0 Å². The Bertz CT molecular complexity index is 1310. The molecule has 150 valence electrons. The van der Waals surface area contributed by atoms with E-state index in [2.05, 4.69) is 27.1 Å². The predicted molar refractivity (Wildman–Crippen MR) is 120 cm³/mol. The van der Waals surface area contributed by atoms with Crippen molar-refractivity contribution in [1.82, 2.24) is 19.9 Å². The zero-order chi connectivity index (χ0) is 20.5. The molecule has 1 atom stereocenters. The molecule has 3 N–H and O–H groups in total. The average molecular weight is 398 g/mol. The van der Waals surface area contributed by atoms with E-state index in [1.807, 2.05) is 61.6 Å². The number of H-pyrrole nitrogens is 2. The van der Waals surface area contributed by atoms with Gasteiger partial charge in [0.05, 0.1) is 42.1 Å². The Labute approximate surface area is 173 Å². The van der Waals surface area contributed by atoms with Crippen LogP contribution < -0.4 is 0 Å². The summed E-state index contributed by atoms with van der Waals surface area (Å²) in [7, 11) is 0. The van der Waals surface area contributed by atoms with Crippen molar-refractivity contribution in [1.29, 1.82) is 0 Å². The average Bonchev–Trinajstić information content (AvgIpc) is 3.51. The molecule has 0 spiro atoms. The number of ether oxygens (including phenoxy) is 1. The van der Waals surface area contributed by atoms with Crippen molar-refractivity contribution in [3.05, 3.63) is 70.8 Å². The molecule has 3 aromatic rings. The molecule has 0 aliphatic carbocycles. The maximum Gasteiger partial charge on any atom is 0.0818 e. The van der Waals surface area contributed by atoms with Gasteiger partial charge in [-0.25, -0.2) is 9.97 Å². The Hall–Kier alpha value is -3.48. The standard InChI is InChI=1S/C24H22N4O2/c1-15(30-9-8-29)23-13-22-12-20-5-4-18(26-20)10-16-2-3-17(25-16)11-19-6-7-21(27-19)14-24(23)28-22/h2-7,10-15,26,28-29H,8-9H2,1H3. The first-order chi connectivity index (χ1) is 14.7. The molecule has 2 aliphatic heterocycles. The summed E-state index contributed by atoms with van der Waals surface area (Å²) in [6.45, 7) is 2.28. The highest BCUT2D eigenvalue weighted by Gasteiger charge is 2.11. The van der Waals surface area contributed by atoms with Crippen LogP contribution in [0.1, 0.15) is 41.4 Å². The number of aromatic nitrogens is 4. The quantitative estimate of drug-likeness (QED) is 0.409. The molecule has 3 aromatic heterocycles. The summed E-state index contributed by atoms with van der Waals surface area (Å²) in [5.41, 5.74) is 8.41. The van der Waals surface area contributed by atoms with Crippen molar-refractivity contribution in [3.63, 3.8) is 0 Å². The van der Waals surface area contributed by atoms with Gasteiger partial charge in [-0.15, -0.1) is 0 Å². The molecule has 0 saturated carbocycles. The number of hydrogen-bond donors (Lipinski definition) is 3. The van der Waals surface area contributed by atoms with Crippen LogP contribution in [0.3, 0.4) is 0 Å². The van der Waals surface area contributed by atoms with Gasteiger partial charge in [-0.05, 0) is 73.7 Å². The molecular formula is C24H22N4O2. The highest BCUT2D eigenvalue weighted by atomic mass is 16.5. The van der Waals surface area contributed by atoms with Crippen molar-refractivity contribution in [2.24, 2.45) is 0 Å². The van der Waals surface area contributed by atoms with Gasteiger partial charge in [-0.1, -0.05) is 0 Å². The summed E-state index contributed by atoms with van der Waals surface area (Å²) in [6.07, 6.45) is 7.81. The first-order valence-electron chi connectivity index (χ1n) is 9.97. The predicted octanol–water partition coefficient (Wildman–Crippen LogP) is 4.73. The van der Waals surface area contributed by atoms with Crippen molar-refractivity contribution < 1.29 is 9.84 Å². The third-order valence-corrected chi connectivity index (χ3v) is 5.10. The van der Waals surface area contributed by atoms with E-state index in [9.17, 15) is 0 Å². The minimum Gasteiger partial charge on any atom is -0.394 e. The lowest BCUT2D eigenvalue weighted by molar-refractivity contribution is 0.0393. The van der Waals surface area contributed by atoms with Crippen LogP contribution in [0.2, 0.25) is 0 Å². The molecule has 1 unspecified atom stereocenters. The first-order valence-corrected chi connectivity index (χ1v) is 9.97. The van der Waals surface area contributed by atoms with E-state index in [1.54, 1.807) is 0 Å². The van der Waals surface area contributed by atoms with E-state index in [0.717, 1.165) is 50.4 Å². The van der Waals surface area contributed by atoms with Crippen molar-refractivity contribution in [3.8, 4) is 0 Å². The fourth-order valence-corrected chi connectivity index (χ4v) is 3.70. The Morgan fingerprint density at radius 1 is 0.800 bits per heavy atom. The number of aromatic amines is 2. The molecule has 6 heteroatoms. The molecule has 6 nitrogen and oxygen atoms in total. The summed E-state index contributed by atoms with van der Waals surface area (Å²) in [6, 6.07) is 14.2. The SMILES string of the molecule is CC(OCCO)c1cc2cc3ccc(cc4nc(cc5nc(cc1[nH]2)C=C5)C=C4)[nH]3. The topological polar surface area (TPSA) is 86.8 Å². The molecule has 8 bridgehead atoms. The number of aliphatic hydroxyl groups is 1. The zero-order valence-corrected chi connectivity index (χ0v) is 16.6. The molecule has 5 heterocycles. The summed E-state index contributed by atoms with van der Waals surface area (Å²) in [5, 5.41) is 9.11. The molecule has 0 saturated heterocycles. The fraction of sp³-hybridized carbons (Fsp3) is 0.167. The Morgan fingerprint density at radius 3 is 2.13 bits per heavy atom. The number of aliphatic hydroxyl groups excluding tert-OH is 1. The number of fused-ring (bicyclic) bond motifs is 8. The van der Waals surface area contributed by atoms with E-state index in [4.69, 9.17) is 14.8 Å². The maximum absolute atomic E-state index is 9.11. The van der Waals surface area contributed by atoms with E-state index < -0.39 is 0 Å². The fourth-order valence-electron chi connectivity index (χ4n) is 3.70. The number of nitrogens with one attached hydrogen (secondary N) is 2. The van der Waals surface area contributed by atoms with Gasteiger partial charge in [0.2, 0.25) is 0 Å². The zero-order valence-electron chi connectivity index (χ0n) is 16.6. The summed E-state index contributed by atoms with van der Waals surface area (Å²) in [5.74, 6) is 0. The van der Waals surface area contributed by atoms with E-state index in [0.29, 0.717) is 6.61 Å². The van der Waals surface area contributed by atoms with Gasteiger partial charge in [0, 0.05) is 27.6 Å². The molecular weight excluding hydrogens is 376 g/mol. The molecule has 2 aliphatic rings. The van der Waals surface area contributed by atoms with Gasteiger partial charge in [0.1, 0.15) is 0 Å². The van der Waals surface area contributed by atoms with E-state index in [1.165, 1.54) is 0 Å². The van der Waals surface area contributed by atoms with Crippen LogP contribution in [0.5, 0.6) is 0 Å². The number of nitrogens with zero attached hydrogens (tertiary/aromatic N) is 2. The number of hydrogen-bond acceptors (Lipinski definition) is 4. The van der Waals surface area contributed by atoms with Gasteiger partial charge in [0.25, 0.3) is 0 Å². The van der Waals surface area contributed by atoms with Crippen LogP contribution in [0, 0.1) is 0 Å². The van der Waals surface area contributed by atoms with Crippen LogP contribution in [-0.2, 0) is 4.74 Å². The van der Waals surface area contributed by atoms with Crippen molar-refractivity contribution >= 4 is 46.4 Å². The normalized spacial score (nSPS) is 13.7.